The molecule has 0 bridgehead atoms. The quantitative estimate of drug-likeness (QED) is 0.762. The van der Waals surface area contributed by atoms with Crippen molar-refractivity contribution >= 4 is 11.8 Å². The molecule has 0 fully saturated rings. The van der Waals surface area contributed by atoms with Crippen molar-refractivity contribution in [1.82, 2.24) is 14.9 Å². The van der Waals surface area contributed by atoms with Crippen molar-refractivity contribution in [3.63, 3.8) is 0 Å². The molecular formula is C15H21F2N3OS. The summed E-state index contributed by atoms with van der Waals surface area (Å²) in [4.78, 5) is 4.20. The zero-order valence-corrected chi connectivity index (χ0v) is 13.6. The smallest absolute Gasteiger partial charge is 0.284 e. The number of nitrogens with zero attached hydrogens (tertiary/aromatic N) is 2. The normalized spacial score (nSPS) is 13.0. The average Bonchev–Trinajstić information content (AvgIpc) is 3.07. The van der Waals surface area contributed by atoms with Crippen molar-refractivity contribution < 1.29 is 13.2 Å². The summed E-state index contributed by atoms with van der Waals surface area (Å²) in [5.74, 6) is 0.670. The van der Waals surface area contributed by atoms with Crippen LogP contribution in [0.5, 0.6) is 0 Å². The van der Waals surface area contributed by atoms with Crippen LogP contribution < -0.4 is 5.32 Å². The van der Waals surface area contributed by atoms with Crippen LogP contribution in [0.3, 0.4) is 0 Å². The van der Waals surface area contributed by atoms with Crippen LogP contribution in [0.15, 0.2) is 28.9 Å². The molecule has 1 atom stereocenters. The van der Waals surface area contributed by atoms with Gasteiger partial charge in [-0.25, -0.2) is 4.98 Å². The summed E-state index contributed by atoms with van der Waals surface area (Å²) in [6.45, 7) is 6.51. The maximum Gasteiger partial charge on any atom is 0.284 e. The van der Waals surface area contributed by atoms with Gasteiger partial charge in [-0.1, -0.05) is 18.7 Å². The van der Waals surface area contributed by atoms with E-state index in [0.717, 1.165) is 24.7 Å². The first-order valence-electron chi connectivity index (χ1n) is 7.20. The highest BCUT2D eigenvalue weighted by atomic mass is 32.2. The van der Waals surface area contributed by atoms with Gasteiger partial charge in [-0.15, -0.1) is 0 Å². The van der Waals surface area contributed by atoms with Gasteiger partial charge in [0.15, 0.2) is 0 Å². The molecule has 0 aliphatic rings. The molecule has 7 heteroatoms. The van der Waals surface area contributed by atoms with E-state index in [1.807, 2.05) is 19.2 Å². The lowest BCUT2D eigenvalue weighted by Crippen LogP contribution is -2.23. The minimum atomic E-state index is -2.36. The molecule has 0 radical (unpaired) electrons. The van der Waals surface area contributed by atoms with Crippen molar-refractivity contribution in [2.24, 2.45) is 5.92 Å². The zero-order valence-electron chi connectivity index (χ0n) is 12.8. The van der Waals surface area contributed by atoms with Crippen LogP contribution >= 0.6 is 11.8 Å². The van der Waals surface area contributed by atoms with Crippen molar-refractivity contribution in [1.29, 1.82) is 0 Å². The Bertz CT molecular complexity index is 571. The molecule has 122 valence electrons. The number of aryl methyl sites for hydroxylation is 1. The van der Waals surface area contributed by atoms with Gasteiger partial charge in [-0.2, -0.15) is 8.78 Å². The van der Waals surface area contributed by atoms with Crippen LogP contribution in [0.2, 0.25) is 0 Å². The predicted molar refractivity (Wildman–Crippen MR) is 83.8 cm³/mol. The molecule has 0 aromatic carbocycles. The molecule has 0 spiro atoms. The second kappa shape index (κ2) is 8.33. The average molecular weight is 329 g/mol. The van der Waals surface area contributed by atoms with E-state index in [-0.39, 0.29) is 5.75 Å². The summed E-state index contributed by atoms with van der Waals surface area (Å²) < 4.78 is 31.8. The molecule has 2 aromatic heterocycles. The second-order valence-electron chi connectivity index (χ2n) is 5.30. The highest BCUT2D eigenvalue weighted by Gasteiger charge is 2.08. The Morgan fingerprint density at radius 3 is 2.82 bits per heavy atom. The van der Waals surface area contributed by atoms with Crippen LogP contribution in [-0.4, -0.2) is 21.9 Å². The topological polar surface area (TPSA) is 43.0 Å². The van der Waals surface area contributed by atoms with Crippen molar-refractivity contribution in [3.05, 3.63) is 41.9 Å². The van der Waals surface area contributed by atoms with Crippen LogP contribution in [0, 0.1) is 12.8 Å². The lowest BCUT2D eigenvalue weighted by Gasteiger charge is -2.13. The van der Waals surface area contributed by atoms with Gasteiger partial charge in [-0.05, 0) is 31.5 Å². The van der Waals surface area contributed by atoms with Crippen LogP contribution in [0.25, 0.3) is 0 Å². The van der Waals surface area contributed by atoms with E-state index in [0.29, 0.717) is 30.0 Å². The summed E-state index contributed by atoms with van der Waals surface area (Å²) in [6.07, 6.45) is 3.78. The molecule has 0 amide bonds. The maximum absolute atomic E-state index is 12.1. The Balaban J connectivity index is 1.68. The van der Waals surface area contributed by atoms with Crippen LogP contribution in [0.1, 0.15) is 24.3 Å². The zero-order chi connectivity index (χ0) is 15.9. The van der Waals surface area contributed by atoms with Gasteiger partial charge in [0.25, 0.3) is 5.76 Å². The van der Waals surface area contributed by atoms with Crippen molar-refractivity contribution in [2.75, 3.05) is 6.54 Å². The summed E-state index contributed by atoms with van der Waals surface area (Å²) in [5.41, 5.74) is 0. The molecule has 2 aromatic rings. The van der Waals surface area contributed by atoms with Crippen molar-refractivity contribution in [3.8, 4) is 0 Å². The predicted octanol–water partition coefficient (Wildman–Crippen LogP) is 3.67. The fourth-order valence-electron chi connectivity index (χ4n) is 2.18. The highest BCUT2D eigenvalue weighted by Crippen LogP contribution is 2.21. The third kappa shape index (κ3) is 5.46. The molecule has 4 nitrogen and oxygen atoms in total. The monoisotopic (exact) mass is 329 g/mol. The summed E-state index contributed by atoms with van der Waals surface area (Å²) in [6, 6.07) is 3.59. The molecule has 0 aliphatic carbocycles. The fourth-order valence-corrected chi connectivity index (χ4v) is 2.62. The van der Waals surface area contributed by atoms with Crippen molar-refractivity contribution in [2.45, 2.75) is 38.4 Å². The molecule has 2 rings (SSSR count). The van der Waals surface area contributed by atoms with Gasteiger partial charge >= 0.3 is 0 Å². The number of imidazole rings is 1. The minimum absolute atomic E-state index is 0.202. The standard InChI is InChI=1S/C15H21F2N3OS/c1-11(9-20-6-5-19-12(20)2)7-18-8-13-3-4-14(21-13)10-22-15(16)17/h3-6,11,15,18H,7-10H2,1-2H3. The Morgan fingerprint density at radius 1 is 1.36 bits per heavy atom. The number of rotatable bonds is 9. The molecule has 1 unspecified atom stereocenters. The van der Waals surface area contributed by atoms with Gasteiger partial charge in [0.2, 0.25) is 0 Å². The Labute approximate surface area is 133 Å². The first kappa shape index (κ1) is 17.0. The number of hydrogen-bond donors (Lipinski definition) is 1. The summed E-state index contributed by atoms with van der Waals surface area (Å²) in [7, 11) is 0. The van der Waals surface area contributed by atoms with E-state index >= 15 is 0 Å². The van der Waals surface area contributed by atoms with Gasteiger partial charge < -0.3 is 14.3 Å². The SMILES string of the molecule is Cc1nccn1CC(C)CNCc1ccc(CSC(F)F)o1. The molecule has 0 saturated carbocycles. The van der Waals surface area contributed by atoms with Crippen LogP contribution in [-0.2, 0) is 18.8 Å². The Morgan fingerprint density at radius 2 is 2.14 bits per heavy atom. The Hall–Kier alpha value is -1.34. The van der Waals surface area contributed by atoms with Gasteiger partial charge in [-0.3, -0.25) is 0 Å². The first-order chi connectivity index (χ1) is 10.5. The number of thioether (sulfide) groups is 1. The van der Waals surface area contributed by atoms with Crippen LogP contribution in [0.4, 0.5) is 8.78 Å². The maximum atomic E-state index is 12.1. The first-order valence-corrected chi connectivity index (χ1v) is 8.25. The summed E-state index contributed by atoms with van der Waals surface area (Å²) >= 11 is 0.574. The molecule has 0 saturated heterocycles. The molecule has 1 N–H and O–H groups in total. The molecular weight excluding hydrogens is 308 g/mol. The second-order valence-corrected chi connectivity index (χ2v) is 6.28. The Kier molecular flexibility index (Phi) is 6.45. The number of alkyl halides is 2. The van der Waals surface area contributed by atoms with E-state index in [2.05, 4.69) is 21.8 Å². The molecule has 2 heterocycles. The van der Waals surface area contributed by atoms with E-state index < -0.39 is 5.76 Å². The number of nitrogens with one attached hydrogen (secondary N) is 1. The number of furan rings is 1. The lowest BCUT2D eigenvalue weighted by molar-refractivity contribution is 0.251. The number of aromatic nitrogens is 2. The molecule has 0 aliphatic heterocycles. The van der Waals surface area contributed by atoms with E-state index in [9.17, 15) is 8.78 Å². The minimum Gasteiger partial charge on any atom is -0.464 e. The third-order valence-corrected chi connectivity index (χ3v) is 4.00. The lowest BCUT2D eigenvalue weighted by atomic mass is 10.2. The summed E-state index contributed by atoms with van der Waals surface area (Å²) in [5, 5.41) is 3.33. The number of hydrogen-bond acceptors (Lipinski definition) is 4. The highest BCUT2D eigenvalue weighted by molar-refractivity contribution is 7.98. The van der Waals surface area contributed by atoms with E-state index in [1.165, 1.54) is 0 Å². The molecule has 22 heavy (non-hydrogen) atoms. The number of halogens is 2. The largest absolute Gasteiger partial charge is 0.464 e. The van der Waals surface area contributed by atoms with Gasteiger partial charge in [0.1, 0.15) is 17.3 Å². The van der Waals surface area contributed by atoms with E-state index in [1.54, 1.807) is 12.3 Å². The van der Waals surface area contributed by atoms with E-state index in [4.69, 9.17) is 4.42 Å². The van der Waals surface area contributed by atoms with Gasteiger partial charge in [0, 0.05) is 18.9 Å². The third-order valence-electron chi connectivity index (χ3n) is 3.29. The van der Waals surface area contributed by atoms with Gasteiger partial charge in [0.05, 0.1) is 12.3 Å². The fraction of sp³-hybridized carbons (Fsp3) is 0.533.